The van der Waals surface area contributed by atoms with Gasteiger partial charge in [-0.3, -0.25) is 4.68 Å². The molecule has 0 spiro atoms. The van der Waals surface area contributed by atoms with Crippen LogP contribution in [0.1, 0.15) is 19.9 Å². The largest absolute Gasteiger partial charge is 0.261 e. The molecule has 16 heavy (non-hydrogen) atoms. The van der Waals surface area contributed by atoms with Crippen LogP contribution in [-0.2, 0) is 0 Å². The van der Waals surface area contributed by atoms with Gasteiger partial charge in [-0.25, -0.2) is 4.39 Å². The van der Waals surface area contributed by atoms with Crippen molar-refractivity contribution in [2.75, 3.05) is 0 Å². The summed E-state index contributed by atoms with van der Waals surface area (Å²) in [4.78, 5) is 0. The van der Waals surface area contributed by atoms with Crippen LogP contribution in [0.4, 0.5) is 4.39 Å². The lowest BCUT2D eigenvalue weighted by molar-refractivity contribution is 0.536. The van der Waals surface area contributed by atoms with Crippen molar-refractivity contribution in [3.8, 4) is 11.3 Å². The van der Waals surface area contributed by atoms with Gasteiger partial charge in [0, 0.05) is 11.6 Å². The number of hydrogen-bond donors (Lipinski definition) is 0. The Labute approximate surface area is 102 Å². The highest BCUT2D eigenvalue weighted by Crippen LogP contribution is 2.25. The third-order valence-electron chi connectivity index (χ3n) is 2.34. The molecule has 2 nitrogen and oxygen atoms in total. The van der Waals surface area contributed by atoms with E-state index in [2.05, 4.69) is 34.9 Å². The van der Waals surface area contributed by atoms with Crippen molar-refractivity contribution < 1.29 is 4.39 Å². The Morgan fingerprint density at radius 3 is 2.44 bits per heavy atom. The number of rotatable bonds is 2. The molecule has 0 fully saturated rings. The molecule has 0 aliphatic rings. The van der Waals surface area contributed by atoms with Crippen molar-refractivity contribution in [3.05, 3.63) is 40.8 Å². The Morgan fingerprint density at radius 1 is 1.25 bits per heavy atom. The molecule has 0 atom stereocenters. The van der Waals surface area contributed by atoms with E-state index in [0.717, 1.165) is 15.9 Å². The number of nitrogens with zero attached hydrogens (tertiary/aromatic N) is 2. The molecule has 2 rings (SSSR count). The van der Waals surface area contributed by atoms with E-state index in [0.29, 0.717) is 0 Å². The van der Waals surface area contributed by atoms with Gasteiger partial charge in [0.05, 0.1) is 5.69 Å². The number of benzene rings is 1. The van der Waals surface area contributed by atoms with Gasteiger partial charge >= 0.3 is 0 Å². The molecular weight excluding hydrogens is 271 g/mol. The molecule has 0 unspecified atom stereocenters. The van der Waals surface area contributed by atoms with E-state index in [4.69, 9.17) is 0 Å². The van der Waals surface area contributed by atoms with Crippen molar-refractivity contribution >= 4 is 15.9 Å². The van der Waals surface area contributed by atoms with E-state index in [1.54, 1.807) is 12.1 Å². The fourth-order valence-corrected chi connectivity index (χ4v) is 1.98. The van der Waals surface area contributed by atoms with Crippen LogP contribution in [0.25, 0.3) is 11.3 Å². The second kappa shape index (κ2) is 4.37. The maximum Gasteiger partial charge on any atom is 0.128 e. The van der Waals surface area contributed by atoms with Gasteiger partial charge in [-0.15, -0.1) is 0 Å². The molecule has 0 aliphatic heterocycles. The highest BCUT2D eigenvalue weighted by Gasteiger charge is 2.10. The normalized spacial score (nSPS) is 11.1. The van der Waals surface area contributed by atoms with Crippen molar-refractivity contribution in [2.24, 2.45) is 0 Å². The predicted molar refractivity (Wildman–Crippen MR) is 65.7 cm³/mol. The van der Waals surface area contributed by atoms with E-state index in [-0.39, 0.29) is 11.9 Å². The summed E-state index contributed by atoms with van der Waals surface area (Å²) >= 11 is 3.36. The highest BCUT2D eigenvalue weighted by molar-refractivity contribution is 9.10. The van der Waals surface area contributed by atoms with Crippen molar-refractivity contribution in [1.82, 2.24) is 9.78 Å². The van der Waals surface area contributed by atoms with Crippen LogP contribution in [-0.4, -0.2) is 9.78 Å². The lowest BCUT2D eigenvalue weighted by Crippen LogP contribution is -2.04. The van der Waals surface area contributed by atoms with Crippen LogP contribution in [0, 0.1) is 5.82 Å². The summed E-state index contributed by atoms with van der Waals surface area (Å²) in [6.07, 6.45) is 0. The second-order valence-corrected chi connectivity index (χ2v) is 4.71. The third kappa shape index (κ3) is 2.16. The smallest absolute Gasteiger partial charge is 0.128 e. The Bertz CT molecular complexity index is 488. The van der Waals surface area contributed by atoms with Gasteiger partial charge in [0.15, 0.2) is 0 Å². The minimum Gasteiger partial charge on any atom is -0.261 e. The first-order valence-electron chi connectivity index (χ1n) is 5.09. The Balaban J connectivity index is 2.50. The van der Waals surface area contributed by atoms with Crippen LogP contribution in [0.2, 0.25) is 0 Å². The standard InChI is InChI=1S/C12H12BrFN2/c1-8(2)16-11(7-12(13)15-16)9-3-5-10(14)6-4-9/h3-8H,1-2H3. The summed E-state index contributed by atoms with van der Waals surface area (Å²) in [7, 11) is 0. The average molecular weight is 283 g/mol. The molecule has 2 aromatic rings. The fraction of sp³-hybridized carbons (Fsp3) is 0.250. The quantitative estimate of drug-likeness (QED) is 0.813. The Hall–Kier alpha value is -1.16. The monoisotopic (exact) mass is 282 g/mol. The van der Waals surface area contributed by atoms with Gasteiger partial charge in [-0.1, -0.05) is 0 Å². The molecule has 0 saturated carbocycles. The molecule has 0 amide bonds. The SMILES string of the molecule is CC(C)n1nc(Br)cc1-c1ccc(F)cc1. The van der Waals surface area contributed by atoms with E-state index >= 15 is 0 Å². The summed E-state index contributed by atoms with van der Waals surface area (Å²) in [5.41, 5.74) is 1.95. The van der Waals surface area contributed by atoms with E-state index in [1.807, 2.05) is 10.7 Å². The fourth-order valence-electron chi connectivity index (χ4n) is 1.59. The van der Waals surface area contributed by atoms with E-state index in [9.17, 15) is 4.39 Å². The maximum atomic E-state index is 12.8. The predicted octanol–water partition coefficient (Wildman–Crippen LogP) is 4.03. The van der Waals surface area contributed by atoms with E-state index < -0.39 is 0 Å². The molecule has 4 heteroatoms. The Morgan fingerprint density at radius 2 is 1.88 bits per heavy atom. The number of aromatic nitrogens is 2. The summed E-state index contributed by atoms with van der Waals surface area (Å²) < 4.78 is 15.5. The molecule has 1 aromatic heterocycles. The molecule has 1 heterocycles. The number of halogens is 2. The maximum absolute atomic E-state index is 12.8. The minimum absolute atomic E-state index is 0.224. The zero-order valence-electron chi connectivity index (χ0n) is 9.11. The van der Waals surface area contributed by atoms with Crippen LogP contribution in [0.3, 0.4) is 0 Å². The second-order valence-electron chi connectivity index (χ2n) is 3.90. The molecular formula is C12H12BrFN2. The van der Waals surface area contributed by atoms with Crippen LogP contribution >= 0.6 is 15.9 Å². The molecule has 0 N–H and O–H groups in total. The van der Waals surface area contributed by atoms with Crippen molar-refractivity contribution in [3.63, 3.8) is 0 Å². The van der Waals surface area contributed by atoms with Gasteiger partial charge in [-0.05, 0) is 60.1 Å². The van der Waals surface area contributed by atoms with Crippen LogP contribution in [0.5, 0.6) is 0 Å². The molecule has 0 radical (unpaired) electrons. The molecule has 0 bridgehead atoms. The van der Waals surface area contributed by atoms with Crippen molar-refractivity contribution in [1.29, 1.82) is 0 Å². The first-order valence-corrected chi connectivity index (χ1v) is 5.88. The van der Waals surface area contributed by atoms with Crippen LogP contribution in [0.15, 0.2) is 34.9 Å². The summed E-state index contributed by atoms with van der Waals surface area (Å²) in [6.45, 7) is 4.12. The first-order chi connectivity index (χ1) is 7.58. The minimum atomic E-state index is -0.224. The third-order valence-corrected chi connectivity index (χ3v) is 2.72. The zero-order valence-corrected chi connectivity index (χ0v) is 10.7. The highest BCUT2D eigenvalue weighted by atomic mass is 79.9. The zero-order chi connectivity index (χ0) is 11.7. The van der Waals surface area contributed by atoms with Gasteiger partial charge in [0.2, 0.25) is 0 Å². The van der Waals surface area contributed by atoms with Crippen LogP contribution < -0.4 is 0 Å². The van der Waals surface area contributed by atoms with Crippen molar-refractivity contribution in [2.45, 2.75) is 19.9 Å². The topological polar surface area (TPSA) is 17.8 Å². The average Bonchev–Trinajstić information content (AvgIpc) is 2.61. The first kappa shape index (κ1) is 11.3. The summed E-state index contributed by atoms with van der Waals surface area (Å²) in [5.74, 6) is -0.224. The van der Waals surface area contributed by atoms with E-state index in [1.165, 1.54) is 12.1 Å². The number of hydrogen-bond acceptors (Lipinski definition) is 1. The Kier molecular flexibility index (Phi) is 3.10. The molecule has 0 aliphatic carbocycles. The molecule has 0 saturated heterocycles. The lowest BCUT2D eigenvalue weighted by Gasteiger charge is -2.10. The van der Waals surface area contributed by atoms with Gasteiger partial charge in [-0.2, -0.15) is 5.10 Å². The van der Waals surface area contributed by atoms with Gasteiger partial charge in [0.25, 0.3) is 0 Å². The molecule has 1 aromatic carbocycles. The van der Waals surface area contributed by atoms with Gasteiger partial charge < -0.3 is 0 Å². The molecule has 84 valence electrons. The lowest BCUT2D eigenvalue weighted by atomic mass is 10.1. The summed E-state index contributed by atoms with van der Waals surface area (Å²) in [5, 5.41) is 4.35. The van der Waals surface area contributed by atoms with Gasteiger partial charge in [0.1, 0.15) is 10.4 Å². The summed E-state index contributed by atoms with van der Waals surface area (Å²) in [6, 6.07) is 8.65.